The predicted molar refractivity (Wildman–Crippen MR) is 133 cm³/mol. The Hall–Kier alpha value is -3.11. The summed E-state index contributed by atoms with van der Waals surface area (Å²) in [4.78, 5) is 24.9. The molecule has 0 radical (unpaired) electrons. The third kappa shape index (κ3) is 7.26. The smallest absolute Gasteiger partial charge is 0.364 e. The number of nitrogens with zero attached hydrogens (tertiary/aromatic N) is 5. The molecule has 0 unspecified atom stereocenters. The molecule has 0 spiro atoms. The van der Waals surface area contributed by atoms with Crippen LogP contribution in [0.5, 0.6) is 0 Å². The number of hydrogen-bond acceptors (Lipinski definition) is 10. The maximum Gasteiger partial charge on any atom is 0.416 e. The molecule has 0 atom stereocenters. The second-order valence-corrected chi connectivity index (χ2v) is 11.4. The molecular weight excluding hydrogens is 529 g/mol. The minimum Gasteiger partial charge on any atom is -0.364 e. The minimum absolute atomic E-state index is 0.00529. The Bertz CT molecular complexity index is 1250. The van der Waals surface area contributed by atoms with Crippen LogP contribution < -0.4 is 15.4 Å². The van der Waals surface area contributed by atoms with Crippen LogP contribution in [0.3, 0.4) is 0 Å². The van der Waals surface area contributed by atoms with E-state index in [2.05, 4.69) is 35.2 Å². The van der Waals surface area contributed by atoms with Crippen molar-refractivity contribution in [3.05, 3.63) is 45.9 Å². The number of aromatic nitrogens is 3. The Morgan fingerprint density at radius 2 is 1.87 bits per heavy atom. The van der Waals surface area contributed by atoms with Crippen molar-refractivity contribution in [2.45, 2.75) is 50.5 Å². The molecule has 2 fully saturated rings. The Labute approximate surface area is 217 Å². The molecule has 38 heavy (non-hydrogen) atoms. The molecule has 16 heteroatoms. The van der Waals surface area contributed by atoms with Gasteiger partial charge in [-0.05, 0) is 37.7 Å². The molecule has 3 heterocycles. The molecule has 0 bridgehead atoms. The molecule has 1 saturated carbocycles. The number of sulfonamides is 1. The van der Waals surface area contributed by atoms with Crippen LogP contribution in [0.25, 0.3) is 0 Å². The van der Waals surface area contributed by atoms with Gasteiger partial charge in [-0.1, -0.05) is 0 Å². The van der Waals surface area contributed by atoms with Gasteiger partial charge < -0.3 is 10.6 Å². The molecule has 208 valence electrons. The quantitative estimate of drug-likeness (QED) is 0.293. The van der Waals surface area contributed by atoms with E-state index < -0.39 is 26.7 Å². The lowest BCUT2D eigenvalue weighted by atomic mass is 9.84. The first-order chi connectivity index (χ1) is 17.9. The van der Waals surface area contributed by atoms with Gasteiger partial charge in [0, 0.05) is 56.2 Å². The number of likely N-dealkylation sites (tertiary alicyclic amines) is 1. The van der Waals surface area contributed by atoms with Crippen molar-refractivity contribution in [3.63, 3.8) is 0 Å². The van der Waals surface area contributed by atoms with Crippen LogP contribution in [0.4, 0.5) is 30.6 Å². The van der Waals surface area contributed by atoms with Gasteiger partial charge in [0.05, 0.1) is 16.7 Å². The van der Waals surface area contributed by atoms with E-state index in [4.69, 9.17) is 0 Å². The molecule has 1 aliphatic carbocycles. The third-order valence-corrected chi connectivity index (χ3v) is 7.55. The fraction of sp³-hybridized carbons (Fsp3) is 0.591. The number of nitrogens with one attached hydrogen (secondary N) is 3. The summed E-state index contributed by atoms with van der Waals surface area (Å²) in [7, 11) is -3.22. The van der Waals surface area contributed by atoms with Crippen molar-refractivity contribution in [2.24, 2.45) is 5.92 Å². The van der Waals surface area contributed by atoms with Crippen molar-refractivity contribution in [1.82, 2.24) is 24.6 Å². The largest absolute Gasteiger partial charge is 0.416 e. The molecule has 1 saturated heterocycles. The Balaban J connectivity index is 1.31. The van der Waals surface area contributed by atoms with Gasteiger partial charge in [-0.15, -0.1) is 0 Å². The standard InChI is InChI=1S/C22H29F3N8O4S/c1-38(36,37)31-16-12-32(13-16)17-4-2-14(3-5-17)8-27-20-19(33(34)35)11-29-21(30-20)28-10-15-9-26-7-6-18(15)22(23,24)25/h6-7,9,11,14,16-17,31H,2-5,8,10,12-13H2,1H3,(H2,27,28,29,30)/t14-,17-. The summed E-state index contributed by atoms with van der Waals surface area (Å²) in [5.74, 6) is 0.205. The number of halogens is 3. The highest BCUT2D eigenvalue weighted by Crippen LogP contribution is 2.33. The van der Waals surface area contributed by atoms with Crippen LogP contribution >= 0.6 is 0 Å². The van der Waals surface area contributed by atoms with Crippen molar-refractivity contribution in [3.8, 4) is 0 Å². The predicted octanol–water partition coefficient (Wildman–Crippen LogP) is 2.61. The van der Waals surface area contributed by atoms with Crippen molar-refractivity contribution >= 4 is 27.5 Å². The molecular formula is C22H29F3N8O4S. The number of pyridine rings is 1. The van der Waals surface area contributed by atoms with Gasteiger partial charge >= 0.3 is 11.9 Å². The van der Waals surface area contributed by atoms with Gasteiger partial charge in [0.2, 0.25) is 21.8 Å². The molecule has 1 aliphatic heterocycles. The van der Waals surface area contributed by atoms with Crippen LogP contribution in [0, 0.1) is 16.0 Å². The Morgan fingerprint density at radius 3 is 2.50 bits per heavy atom. The summed E-state index contributed by atoms with van der Waals surface area (Å²) >= 11 is 0. The summed E-state index contributed by atoms with van der Waals surface area (Å²) in [6.07, 6.45) is 3.43. The molecule has 0 aromatic carbocycles. The summed E-state index contributed by atoms with van der Waals surface area (Å²) in [5.41, 5.74) is -1.27. The van der Waals surface area contributed by atoms with Gasteiger partial charge in [-0.3, -0.25) is 20.0 Å². The normalized spacial score (nSPS) is 21.1. The van der Waals surface area contributed by atoms with E-state index >= 15 is 0 Å². The van der Waals surface area contributed by atoms with Crippen molar-refractivity contribution < 1.29 is 26.5 Å². The van der Waals surface area contributed by atoms with E-state index in [0.717, 1.165) is 56.6 Å². The molecule has 2 aromatic rings. The lowest BCUT2D eigenvalue weighted by Crippen LogP contribution is -2.62. The highest BCUT2D eigenvalue weighted by molar-refractivity contribution is 7.88. The van der Waals surface area contributed by atoms with E-state index in [-0.39, 0.29) is 41.5 Å². The topological polar surface area (TPSA) is 155 Å². The van der Waals surface area contributed by atoms with Gasteiger partial charge in [0.15, 0.2) is 0 Å². The fourth-order valence-electron chi connectivity index (χ4n) is 4.89. The zero-order chi connectivity index (χ0) is 27.5. The van der Waals surface area contributed by atoms with E-state index in [1.54, 1.807) is 0 Å². The van der Waals surface area contributed by atoms with E-state index in [1.807, 2.05) is 0 Å². The summed E-state index contributed by atoms with van der Waals surface area (Å²) in [5, 5.41) is 17.2. The maximum atomic E-state index is 13.2. The molecule has 3 N–H and O–H groups in total. The Morgan fingerprint density at radius 1 is 1.16 bits per heavy atom. The monoisotopic (exact) mass is 558 g/mol. The first-order valence-corrected chi connectivity index (χ1v) is 14.0. The molecule has 4 rings (SSSR count). The molecule has 2 aromatic heterocycles. The van der Waals surface area contributed by atoms with Crippen molar-refractivity contribution in [2.75, 3.05) is 36.5 Å². The van der Waals surface area contributed by atoms with Gasteiger partial charge in [0.1, 0.15) is 6.20 Å². The summed E-state index contributed by atoms with van der Waals surface area (Å²) < 4.78 is 65.0. The lowest BCUT2D eigenvalue weighted by molar-refractivity contribution is -0.384. The average molecular weight is 559 g/mol. The van der Waals surface area contributed by atoms with Gasteiger partial charge in [-0.2, -0.15) is 18.2 Å². The van der Waals surface area contributed by atoms with E-state index in [0.29, 0.717) is 25.7 Å². The van der Waals surface area contributed by atoms with Crippen LogP contribution in [-0.2, 0) is 22.7 Å². The number of nitro groups is 1. The number of rotatable bonds is 10. The van der Waals surface area contributed by atoms with Crippen LogP contribution in [-0.4, -0.2) is 71.2 Å². The highest BCUT2D eigenvalue weighted by Gasteiger charge is 2.36. The van der Waals surface area contributed by atoms with Crippen molar-refractivity contribution in [1.29, 1.82) is 0 Å². The van der Waals surface area contributed by atoms with Crippen LogP contribution in [0.1, 0.15) is 36.8 Å². The van der Waals surface area contributed by atoms with Gasteiger partial charge in [-0.25, -0.2) is 18.1 Å². The summed E-state index contributed by atoms with van der Waals surface area (Å²) in [6.45, 7) is 1.56. The second-order valence-electron chi connectivity index (χ2n) is 9.66. The minimum atomic E-state index is -4.55. The van der Waals surface area contributed by atoms with Crippen LogP contribution in [0.2, 0.25) is 0 Å². The first kappa shape index (κ1) is 27.9. The third-order valence-electron chi connectivity index (χ3n) is 6.79. The van der Waals surface area contributed by atoms with Gasteiger partial charge in [0.25, 0.3) is 0 Å². The second kappa shape index (κ2) is 11.3. The van der Waals surface area contributed by atoms with E-state index in [9.17, 15) is 31.7 Å². The Kier molecular flexibility index (Phi) is 8.32. The zero-order valence-electron chi connectivity index (χ0n) is 20.6. The summed E-state index contributed by atoms with van der Waals surface area (Å²) in [6, 6.07) is 1.20. The fourth-order valence-corrected chi connectivity index (χ4v) is 5.64. The molecule has 12 nitrogen and oxygen atoms in total. The maximum absolute atomic E-state index is 13.2. The number of hydrogen-bond donors (Lipinski definition) is 3. The zero-order valence-corrected chi connectivity index (χ0v) is 21.4. The number of anilines is 2. The highest BCUT2D eigenvalue weighted by atomic mass is 32.2. The number of alkyl halides is 3. The molecule has 0 amide bonds. The van der Waals surface area contributed by atoms with E-state index in [1.165, 1.54) is 0 Å². The van der Waals surface area contributed by atoms with Crippen LogP contribution in [0.15, 0.2) is 24.7 Å². The average Bonchev–Trinajstić information content (AvgIpc) is 2.83. The SMILES string of the molecule is CS(=O)(=O)NC1CN([C@H]2CC[C@H](CNc3nc(NCc4cnccc4C(F)(F)F)ncc3[N+](=O)[O-])CC2)C1. The molecule has 2 aliphatic rings. The first-order valence-electron chi connectivity index (χ1n) is 12.1. The lowest BCUT2D eigenvalue weighted by Gasteiger charge is -2.46.